The van der Waals surface area contributed by atoms with Gasteiger partial charge in [-0.1, -0.05) is 12.1 Å². The van der Waals surface area contributed by atoms with Gasteiger partial charge in [0.05, 0.1) is 5.56 Å². The molecule has 0 aliphatic carbocycles. The minimum atomic E-state index is -0.103. The molecular weight excluding hydrogens is 354 g/mol. The van der Waals surface area contributed by atoms with Crippen LogP contribution in [0.1, 0.15) is 34.3 Å². The smallest absolute Gasteiger partial charge is 0.260 e. The first-order valence-electron chi connectivity index (χ1n) is 9.69. The summed E-state index contributed by atoms with van der Waals surface area (Å²) in [6.45, 7) is 6.11. The van der Waals surface area contributed by atoms with Gasteiger partial charge in [0.15, 0.2) is 6.61 Å². The van der Waals surface area contributed by atoms with Gasteiger partial charge >= 0.3 is 0 Å². The van der Waals surface area contributed by atoms with Crippen LogP contribution in [0.4, 0.5) is 0 Å². The zero-order chi connectivity index (χ0) is 19.9. The summed E-state index contributed by atoms with van der Waals surface area (Å²) in [4.78, 5) is 30.4. The summed E-state index contributed by atoms with van der Waals surface area (Å²) < 4.78 is 5.73. The Bertz CT molecular complexity index is 815. The molecule has 2 heterocycles. The van der Waals surface area contributed by atoms with E-state index in [0.717, 1.165) is 29.7 Å². The van der Waals surface area contributed by atoms with Gasteiger partial charge < -0.3 is 15.0 Å². The molecule has 0 atom stereocenters. The number of hydrogen-bond donors (Lipinski definition) is 1. The first-order valence-corrected chi connectivity index (χ1v) is 9.69. The molecular formula is C22H27N3O3. The van der Waals surface area contributed by atoms with Crippen molar-refractivity contribution in [3.05, 3.63) is 59.4 Å². The molecule has 0 spiro atoms. The number of aryl methyl sites for hydroxylation is 1. The molecule has 1 aromatic carbocycles. The fourth-order valence-electron chi connectivity index (χ4n) is 3.33. The third kappa shape index (κ3) is 5.09. The molecule has 1 saturated heterocycles. The number of carbonyl (C=O) groups is 2. The van der Waals surface area contributed by atoms with E-state index in [4.69, 9.17) is 4.74 Å². The maximum absolute atomic E-state index is 12.4. The second-order valence-corrected chi connectivity index (χ2v) is 7.26. The van der Waals surface area contributed by atoms with Crippen LogP contribution in [0.5, 0.6) is 5.75 Å². The zero-order valence-electron chi connectivity index (χ0n) is 16.5. The van der Waals surface area contributed by atoms with Crippen LogP contribution in [-0.2, 0) is 4.79 Å². The average Bonchev–Trinajstić information content (AvgIpc) is 2.74. The highest BCUT2D eigenvalue weighted by atomic mass is 16.5. The maximum atomic E-state index is 12.4. The number of nitrogens with one attached hydrogen (secondary N) is 1. The predicted octanol–water partition coefficient (Wildman–Crippen LogP) is 2.75. The summed E-state index contributed by atoms with van der Waals surface area (Å²) in [6, 6.07) is 9.36. The number of ether oxygens (including phenoxy) is 1. The largest absolute Gasteiger partial charge is 0.483 e. The van der Waals surface area contributed by atoms with Crippen molar-refractivity contribution in [1.82, 2.24) is 15.2 Å². The van der Waals surface area contributed by atoms with Crippen LogP contribution < -0.4 is 10.1 Å². The van der Waals surface area contributed by atoms with Gasteiger partial charge in [-0.3, -0.25) is 14.6 Å². The van der Waals surface area contributed by atoms with Crippen LogP contribution in [0, 0.1) is 19.8 Å². The Labute approximate surface area is 165 Å². The molecule has 2 amide bonds. The summed E-state index contributed by atoms with van der Waals surface area (Å²) in [5, 5.41) is 2.96. The number of hydrogen-bond acceptors (Lipinski definition) is 4. The molecule has 0 radical (unpaired) electrons. The molecule has 148 valence electrons. The maximum Gasteiger partial charge on any atom is 0.260 e. The number of piperidine rings is 1. The van der Waals surface area contributed by atoms with Gasteiger partial charge in [0.1, 0.15) is 5.75 Å². The summed E-state index contributed by atoms with van der Waals surface area (Å²) in [5.41, 5.74) is 2.79. The monoisotopic (exact) mass is 381 g/mol. The van der Waals surface area contributed by atoms with Crippen molar-refractivity contribution < 1.29 is 14.3 Å². The third-order valence-corrected chi connectivity index (χ3v) is 5.35. The molecule has 0 bridgehead atoms. The number of likely N-dealkylation sites (tertiary alicyclic amines) is 1. The number of carbonyl (C=O) groups excluding carboxylic acids is 2. The van der Waals surface area contributed by atoms with E-state index in [0.29, 0.717) is 31.1 Å². The van der Waals surface area contributed by atoms with Crippen LogP contribution >= 0.6 is 0 Å². The van der Waals surface area contributed by atoms with Crippen molar-refractivity contribution in [1.29, 1.82) is 0 Å². The van der Waals surface area contributed by atoms with Gasteiger partial charge in [0.2, 0.25) is 0 Å². The van der Waals surface area contributed by atoms with Gasteiger partial charge in [-0.2, -0.15) is 0 Å². The van der Waals surface area contributed by atoms with E-state index in [9.17, 15) is 9.59 Å². The highest BCUT2D eigenvalue weighted by molar-refractivity contribution is 5.93. The van der Waals surface area contributed by atoms with Gasteiger partial charge in [-0.15, -0.1) is 0 Å². The first kappa shape index (κ1) is 19.9. The lowest BCUT2D eigenvalue weighted by Crippen LogP contribution is -2.43. The molecule has 3 rings (SSSR count). The summed E-state index contributed by atoms with van der Waals surface area (Å²) in [7, 11) is 0. The number of benzene rings is 1. The lowest BCUT2D eigenvalue weighted by molar-refractivity contribution is -0.134. The Balaban J connectivity index is 1.40. The Morgan fingerprint density at radius 2 is 1.96 bits per heavy atom. The lowest BCUT2D eigenvalue weighted by Gasteiger charge is -2.32. The predicted molar refractivity (Wildman–Crippen MR) is 107 cm³/mol. The normalized spacial score (nSPS) is 14.6. The van der Waals surface area contributed by atoms with Gasteiger partial charge in [0, 0.05) is 32.0 Å². The molecule has 2 aromatic rings. The van der Waals surface area contributed by atoms with E-state index in [-0.39, 0.29) is 18.4 Å². The molecule has 1 N–H and O–H groups in total. The Kier molecular flexibility index (Phi) is 6.63. The van der Waals surface area contributed by atoms with Crippen molar-refractivity contribution in [2.45, 2.75) is 26.7 Å². The van der Waals surface area contributed by atoms with Gasteiger partial charge in [0.25, 0.3) is 11.8 Å². The summed E-state index contributed by atoms with van der Waals surface area (Å²) >= 11 is 0. The molecule has 6 heteroatoms. The van der Waals surface area contributed by atoms with Crippen LogP contribution in [0.25, 0.3) is 0 Å². The molecule has 1 fully saturated rings. The fraction of sp³-hybridized carbons (Fsp3) is 0.409. The topological polar surface area (TPSA) is 71.5 Å². The average molecular weight is 381 g/mol. The summed E-state index contributed by atoms with van der Waals surface area (Å²) in [5.74, 6) is 1.05. The molecule has 0 saturated carbocycles. The van der Waals surface area contributed by atoms with E-state index in [1.165, 1.54) is 0 Å². The molecule has 28 heavy (non-hydrogen) atoms. The van der Waals surface area contributed by atoms with Crippen molar-refractivity contribution >= 4 is 11.8 Å². The van der Waals surface area contributed by atoms with Gasteiger partial charge in [-0.05, 0) is 61.9 Å². The Morgan fingerprint density at radius 1 is 1.18 bits per heavy atom. The summed E-state index contributed by atoms with van der Waals surface area (Å²) in [6.07, 6.45) is 4.96. The number of amides is 2. The third-order valence-electron chi connectivity index (χ3n) is 5.35. The molecule has 1 aliphatic heterocycles. The number of nitrogens with zero attached hydrogens (tertiary/aromatic N) is 2. The molecule has 1 aromatic heterocycles. The number of aromatic nitrogens is 1. The standard InChI is InChI=1S/C22H27N3O3/c1-16-5-3-7-20(17(16)2)28-15-21(26)25-11-8-18(9-12-25)13-24-22(27)19-6-4-10-23-14-19/h3-7,10,14,18H,8-9,11-13,15H2,1-2H3,(H,24,27). The highest BCUT2D eigenvalue weighted by Crippen LogP contribution is 2.21. The van der Waals surface area contributed by atoms with E-state index in [2.05, 4.69) is 10.3 Å². The molecule has 6 nitrogen and oxygen atoms in total. The lowest BCUT2D eigenvalue weighted by atomic mass is 9.96. The van der Waals surface area contributed by atoms with Crippen molar-refractivity contribution in [3.8, 4) is 5.75 Å². The molecule has 0 unspecified atom stereocenters. The van der Waals surface area contributed by atoms with Crippen molar-refractivity contribution in [3.63, 3.8) is 0 Å². The Morgan fingerprint density at radius 3 is 2.68 bits per heavy atom. The SMILES string of the molecule is Cc1cccc(OCC(=O)N2CCC(CNC(=O)c3cccnc3)CC2)c1C. The number of rotatable bonds is 6. The second kappa shape index (κ2) is 9.35. The number of pyridine rings is 1. The minimum Gasteiger partial charge on any atom is -0.483 e. The van der Waals surface area contributed by atoms with Crippen LogP contribution in [0.3, 0.4) is 0 Å². The van der Waals surface area contributed by atoms with Gasteiger partial charge in [-0.25, -0.2) is 0 Å². The highest BCUT2D eigenvalue weighted by Gasteiger charge is 2.23. The van der Waals surface area contributed by atoms with Crippen LogP contribution in [0.2, 0.25) is 0 Å². The van der Waals surface area contributed by atoms with Crippen LogP contribution in [-0.4, -0.2) is 47.9 Å². The Hall–Kier alpha value is -2.89. The molecule has 1 aliphatic rings. The van der Waals surface area contributed by atoms with Crippen LogP contribution in [0.15, 0.2) is 42.7 Å². The van der Waals surface area contributed by atoms with E-state index in [1.54, 1.807) is 24.5 Å². The zero-order valence-corrected chi connectivity index (χ0v) is 16.5. The minimum absolute atomic E-state index is 0.0127. The van der Waals surface area contributed by atoms with E-state index in [1.807, 2.05) is 36.9 Å². The van der Waals surface area contributed by atoms with E-state index < -0.39 is 0 Å². The second-order valence-electron chi connectivity index (χ2n) is 7.26. The van der Waals surface area contributed by atoms with E-state index >= 15 is 0 Å². The quantitative estimate of drug-likeness (QED) is 0.835. The van der Waals surface area contributed by atoms with Crippen molar-refractivity contribution in [2.75, 3.05) is 26.2 Å². The fourth-order valence-corrected chi connectivity index (χ4v) is 3.33. The first-order chi connectivity index (χ1) is 13.5. The van der Waals surface area contributed by atoms with Crippen molar-refractivity contribution in [2.24, 2.45) is 5.92 Å².